The van der Waals surface area contributed by atoms with Crippen molar-refractivity contribution in [1.82, 2.24) is 4.98 Å². The van der Waals surface area contributed by atoms with E-state index < -0.39 is 23.0 Å². The lowest BCUT2D eigenvalue weighted by atomic mass is 9.58. The van der Waals surface area contributed by atoms with Gasteiger partial charge in [0, 0.05) is 51.8 Å². The van der Waals surface area contributed by atoms with Gasteiger partial charge >= 0.3 is 5.97 Å². The lowest BCUT2D eigenvalue weighted by Gasteiger charge is -2.50. The molecule has 0 spiro atoms. The number of aliphatic hydroxyl groups excluding tert-OH is 1. The molecule has 3 aromatic rings. The molecule has 47 heavy (non-hydrogen) atoms. The van der Waals surface area contributed by atoms with E-state index in [1.54, 1.807) is 12.1 Å². The number of aromatic nitrogens is 2. The van der Waals surface area contributed by atoms with E-state index in [2.05, 4.69) is 27.4 Å². The molecule has 2 aromatic heterocycles. The third kappa shape index (κ3) is 8.06. The van der Waals surface area contributed by atoms with Gasteiger partial charge in [-0.25, -0.2) is 13.9 Å². The second kappa shape index (κ2) is 15.1. The summed E-state index contributed by atoms with van der Waals surface area (Å²) >= 11 is 2.84. The maximum absolute atomic E-state index is 13.6. The van der Waals surface area contributed by atoms with Crippen LogP contribution in [0.25, 0.3) is 11.3 Å². The fourth-order valence-electron chi connectivity index (χ4n) is 7.64. The highest BCUT2D eigenvalue weighted by Crippen LogP contribution is 2.52. The minimum Gasteiger partial charge on any atom is -0.461 e. The monoisotopic (exact) mass is 679 g/mol. The minimum atomic E-state index is -0.672. The van der Waals surface area contributed by atoms with E-state index in [1.807, 2.05) is 47.5 Å². The molecule has 6 nitrogen and oxygen atoms in total. The second-order valence-electron chi connectivity index (χ2n) is 14.1. The Labute approximate surface area is 286 Å². The summed E-state index contributed by atoms with van der Waals surface area (Å²) in [5.74, 6) is -0.150. The van der Waals surface area contributed by atoms with Gasteiger partial charge in [-0.1, -0.05) is 58.4 Å². The lowest BCUT2D eigenvalue weighted by molar-refractivity contribution is -0.688. The number of carbonyl (C=O) groups excluding carboxylic acids is 2. The quantitative estimate of drug-likeness (QED) is 0.107. The summed E-state index contributed by atoms with van der Waals surface area (Å²) in [4.78, 5) is 31.6. The zero-order chi connectivity index (χ0) is 33.8. The SMILES string of the molecule is C=C[C@]1(C)C[C@@H](OC(=O)CSc2nc(-c3cc[n+](Cc4ccc(F)cc4)cc3)cs2)[C@@](C)([C@H]2CCCC2=O)[C@H](C)CCC[C@@H](C)[C@@H]1O. The first-order chi connectivity index (χ1) is 22.4. The molecule has 2 aliphatic carbocycles. The number of ether oxygens (including phenoxy) is 1. The molecule has 7 atom stereocenters. The number of ketones is 1. The summed E-state index contributed by atoms with van der Waals surface area (Å²) in [7, 11) is 0. The van der Waals surface area contributed by atoms with Gasteiger partial charge in [0.2, 0.25) is 0 Å². The molecule has 2 aliphatic rings. The molecule has 0 saturated heterocycles. The van der Waals surface area contributed by atoms with Crippen molar-refractivity contribution in [2.45, 2.75) is 95.7 Å². The van der Waals surface area contributed by atoms with E-state index in [4.69, 9.17) is 9.72 Å². The third-order valence-electron chi connectivity index (χ3n) is 10.9. The highest BCUT2D eigenvalue weighted by Gasteiger charge is 2.54. The van der Waals surface area contributed by atoms with E-state index in [-0.39, 0.29) is 41.1 Å². The summed E-state index contributed by atoms with van der Waals surface area (Å²) in [5, 5.41) is 13.4. The van der Waals surface area contributed by atoms with Gasteiger partial charge in [0.1, 0.15) is 17.7 Å². The van der Waals surface area contributed by atoms with Crippen molar-refractivity contribution in [3.63, 3.8) is 0 Å². The van der Waals surface area contributed by atoms with Crippen molar-refractivity contribution in [2.75, 3.05) is 5.75 Å². The average Bonchev–Trinajstić information content (AvgIpc) is 3.73. The fourth-order valence-corrected chi connectivity index (χ4v) is 9.26. The average molecular weight is 680 g/mol. The molecular weight excluding hydrogens is 632 g/mol. The molecule has 0 amide bonds. The lowest BCUT2D eigenvalue weighted by Crippen LogP contribution is -2.52. The Balaban J connectivity index is 1.29. The van der Waals surface area contributed by atoms with E-state index in [9.17, 15) is 19.1 Å². The molecule has 1 aromatic carbocycles. The van der Waals surface area contributed by atoms with Gasteiger partial charge in [0.15, 0.2) is 23.3 Å². The fraction of sp³-hybridized carbons (Fsp3) is 0.526. The van der Waals surface area contributed by atoms with Crippen molar-refractivity contribution < 1.29 is 28.4 Å². The summed E-state index contributed by atoms with van der Waals surface area (Å²) < 4.78 is 22.5. The van der Waals surface area contributed by atoms with Gasteiger partial charge in [-0.3, -0.25) is 9.59 Å². The predicted octanol–water partition coefficient (Wildman–Crippen LogP) is 8.06. The Bertz CT molecular complexity index is 1540. The van der Waals surface area contributed by atoms with Crippen LogP contribution in [-0.2, 0) is 20.9 Å². The molecule has 0 aliphatic heterocycles. The molecule has 2 heterocycles. The number of hydrogen-bond donors (Lipinski definition) is 1. The number of hydrogen-bond acceptors (Lipinski definition) is 7. The van der Waals surface area contributed by atoms with Crippen molar-refractivity contribution >= 4 is 34.9 Å². The Morgan fingerprint density at radius 3 is 2.53 bits per heavy atom. The van der Waals surface area contributed by atoms with Crippen LogP contribution in [0.3, 0.4) is 0 Å². The molecule has 0 unspecified atom stereocenters. The molecule has 0 bridgehead atoms. The standard InChI is InChI=1S/C38H48FN2O4S2/c1-6-37(4)21-33(38(5,30-11-8-12-32(30)42)26(3)10-7-9-25(2)35(37)44)45-34(43)24-47-36-40-31(23-46-36)28-17-19-41(20-18-28)22-27-13-15-29(39)16-14-27/h6,13-20,23,25-26,30,33,35,44H,1,7-12,21-22,24H2,2-5H3/q+1/t25-,26-,30+,33-,35+,37-,38-/m1/s1. The largest absolute Gasteiger partial charge is 0.461 e. The molecule has 252 valence electrons. The van der Waals surface area contributed by atoms with Gasteiger partial charge in [-0.05, 0) is 61.8 Å². The first-order valence-corrected chi connectivity index (χ1v) is 18.7. The first kappa shape index (κ1) is 35.4. The molecule has 2 fully saturated rings. The van der Waals surface area contributed by atoms with Crippen LogP contribution in [0.1, 0.15) is 78.2 Å². The predicted molar refractivity (Wildman–Crippen MR) is 185 cm³/mol. The summed E-state index contributed by atoms with van der Waals surface area (Å²) in [6.07, 6.45) is 10.0. The summed E-state index contributed by atoms with van der Waals surface area (Å²) in [6, 6.07) is 10.5. The van der Waals surface area contributed by atoms with Crippen LogP contribution >= 0.6 is 23.1 Å². The van der Waals surface area contributed by atoms with Gasteiger partial charge in [0.25, 0.3) is 0 Å². The van der Waals surface area contributed by atoms with Crippen LogP contribution in [0.15, 0.2) is 71.2 Å². The van der Waals surface area contributed by atoms with E-state index >= 15 is 0 Å². The number of Topliss-reactive ketones (excluding diaryl/α,β-unsaturated/α-hetero) is 1. The number of rotatable bonds is 9. The minimum absolute atomic E-state index is 0.0817. The normalized spacial score (nSPS) is 30.2. The van der Waals surface area contributed by atoms with Crippen LogP contribution in [0.2, 0.25) is 0 Å². The van der Waals surface area contributed by atoms with Crippen LogP contribution < -0.4 is 4.57 Å². The van der Waals surface area contributed by atoms with Crippen molar-refractivity contribution in [2.24, 2.45) is 28.6 Å². The Morgan fingerprint density at radius 2 is 1.87 bits per heavy atom. The molecule has 2 saturated carbocycles. The Kier molecular flexibility index (Phi) is 11.4. The number of carbonyl (C=O) groups is 2. The number of thiazole rings is 1. The van der Waals surface area contributed by atoms with Gasteiger partial charge in [-0.2, -0.15) is 0 Å². The van der Waals surface area contributed by atoms with Crippen molar-refractivity contribution in [3.8, 4) is 11.3 Å². The Hall–Kier alpha value is -2.88. The third-order valence-corrected chi connectivity index (χ3v) is 12.9. The maximum atomic E-state index is 13.6. The molecule has 1 N–H and O–H groups in total. The maximum Gasteiger partial charge on any atom is 0.316 e. The van der Waals surface area contributed by atoms with E-state index in [0.29, 0.717) is 19.4 Å². The molecule has 9 heteroatoms. The van der Waals surface area contributed by atoms with Crippen LogP contribution in [0.4, 0.5) is 4.39 Å². The summed E-state index contributed by atoms with van der Waals surface area (Å²) in [6.45, 7) is 13.2. The number of nitrogens with zero attached hydrogens (tertiary/aromatic N) is 2. The Morgan fingerprint density at radius 1 is 1.15 bits per heavy atom. The number of aliphatic hydroxyl groups is 1. The number of benzene rings is 1. The number of esters is 1. The van der Waals surface area contributed by atoms with Crippen LogP contribution in [0, 0.1) is 34.4 Å². The van der Waals surface area contributed by atoms with E-state index in [1.165, 1.54) is 35.2 Å². The van der Waals surface area contributed by atoms with Crippen LogP contribution in [-0.4, -0.2) is 39.8 Å². The number of halogens is 1. The number of pyridine rings is 1. The topological polar surface area (TPSA) is 80.4 Å². The number of thioether (sulfide) groups is 1. The van der Waals surface area contributed by atoms with Gasteiger partial charge < -0.3 is 9.84 Å². The van der Waals surface area contributed by atoms with Crippen molar-refractivity contribution in [1.29, 1.82) is 0 Å². The highest BCUT2D eigenvalue weighted by molar-refractivity contribution is 8.01. The van der Waals surface area contributed by atoms with E-state index in [0.717, 1.165) is 53.3 Å². The molecule has 5 rings (SSSR count). The van der Waals surface area contributed by atoms with Gasteiger partial charge in [-0.15, -0.1) is 17.9 Å². The second-order valence-corrected chi connectivity index (χ2v) is 16.2. The molecule has 0 radical (unpaired) electrons. The highest BCUT2D eigenvalue weighted by atomic mass is 32.2. The summed E-state index contributed by atoms with van der Waals surface area (Å²) in [5.41, 5.74) is 1.59. The smallest absolute Gasteiger partial charge is 0.316 e. The first-order valence-electron chi connectivity index (χ1n) is 16.8. The van der Waals surface area contributed by atoms with Crippen molar-refractivity contribution in [3.05, 3.63) is 78.2 Å². The van der Waals surface area contributed by atoms with Crippen LogP contribution in [0.5, 0.6) is 0 Å². The molecular formula is C38H48FN2O4S2+. The zero-order valence-corrected chi connectivity index (χ0v) is 29.6. The van der Waals surface area contributed by atoms with Gasteiger partial charge in [0.05, 0.1) is 17.6 Å². The zero-order valence-electron chi connectivity index (χ0n) is 28.0.